The first-order valence-electron chi connectivity index (χ1n) is 18.9. The maximum Gasteiger partial charge on any atom is 0.384 e. The molecule has 0 saturated heterocycles. The number of rotatable bonds is 8. The number of fused-ring (bicyclic) bond motifs is 2. The summed E-state index contributed by atoms with van der Waals surface area (Å²) in [5.74, 6) is 5.22. The van der Waals surface area contributed by atoms with E-state index in [0.29, 0.717) is 19.4 Å². The van der Waals surface area contributed by atoms with E-state index in [9.17, 15) is 4.79 Å². The maximum atomic E-state index is 13.4. The molecule has 0 amide bonds. The van der Waals surface area contributed by atoms with Crippen molar-refractivity contribution in [1.82, 2.24) is 0 Å². The van der Waals surface area contributed by atoms with E-state index in [1.807, 2.05) is 12.2 Å². The number of methoxy groups -OCH3 is 1. The molecule has 0 saturated carbocycles. The van der Waals surface area contributed by atoms with Crippen LogP contribution in [-0.2, 0) is 32.6 Å². The highest BCUT2D eigenvalue weighted by molar-refractivity contribution is 6.74. The lowest BCUT2D eigenvalue weighted by molar-refractivity contribution is -0.145. The predicted octanol–water partition coefficient (Wildman–Crippen LogP) is 9.78. The average molecular weight is 741 g/mol. The monoisotopic (exact) mass is 740 g/mol. The van der Waals surface area contributed by atoms with Crippen molar-refractivity contribution >= 4 is 22.6 Å². The Morgan fingerprint density at radius 2 is 1.73 bits per heavy atom. The number of cyclic esters (lactones) is 1. The van der Waals surface area contributed by atoms with E-state index < -0.39 is 34.8 Å². The fourth-order valence-electron chi connectivity index (χ4n) is 5.82. The molecule has 3 rings (SSSR count). The van der Waals surface area contributed by atoms with E-state index in [1.165, 1.54) is 5.57 Å². The molecule has 7 atom stereocenters. The number of carbonyl (C=O) groups excluding carboxylic acids is 1. The van der Waals surface area contributed by atoms with Crippen LogP contribution in [0, 0.1) is 11.8 Å². The van der Waals surface area contributed by atoms with E-state index in [4.69, 9.17) is 27.8 Å². The molecule has 0 aromatic heterocycles. The summed E-state index contributed by atoms with van der Waals surface area (Å²) in [6.07, 6.45) is 17.8. The van der Waals surface area contributed by atoms with E-state index in [0.717, 1.165) is 37.7 Å². The van der Waals surface area contributed by atoms with Crippen LogP contribution in [0.2, 0.25) is 36.3 Å². The second-order valence-electron chi connectivity index (χ2n) is 17.5. The first-order valence-corrected chi connectivity index (χ1v) is 24.7. The third-order valence-electron chi connectivity index (χ3n) is 11.1. The number of hydrogen-bond acceptors (Lipinski definition) is 7. The summed E-state index contributed by atoms with van der Waals surface area (Å²) in [7, 11) is -2.71. The molecular formula is C42H68O7Si2. The highest BCUT2D eigenvalue weighted by atomic mass is 28.4. The molecule has 0 radical (unpaired) electrons. The fraction of sp³-hybridized carbons (Fsp3) is 0.690. The molecule has 0 aromatic rings. The van der Waals surface area contributed by atoms with Crippen molar-refractivity contribution in [1.29, 1.82) is 0 Å². The standard InChI is InChI=1S/C42H68O7Si2/c1-31-17-14-20-37-36(44-9)25-23-33(46-37)18-16-22-40(43)47-38(21-15-19-35(30-31)48-50(10,11)41(3,4)5)39(49-51(12,13)42(6,7)8)26-24-34-29-32(2)27-28-45-34/h15,19,23-27,33-39H,1,14,17-18,20-21,28-30H2,2-13H3/t33-,34-,35?,36+,37-,38+,39+/m1/s1. The van der Waals surface area contributed by atoms with Crippen LogP contribution in [0.15, 0.2) is 60.3 Å². The Hall–Kier alpha value is -2.04. The Morgan fingerprint density at radius 1 is 1.02 bits per heavy atom. The minimum atomic E-state index is -2.30. The van der Waals surface area contributed by atoms with Gasteiger partial charge in [-0.25, -0.2) is 4.79 Å². The normalized spacial score (nSPS) is 28.7. The third kappa shape index (κ3) is 13.7. The Bertz CT molecular complexity index is 1350. The average Bonchev–Trinajstić information content (AvgIpc) is 3.01. The highest BCUT2D eigenvalue weighted by Crippen LogP contribution is 2.40. The van der Waals surface area contributed by atoms with Crippen molar-refractivity contribution in [3.63, 3.8) is 0 Å². The highest BCUT2D eigenvalue weighted by Gasteiger charge is 2.41. The smallest absolute Gasteiger partial charge is 0.384 e. The summed E-state index contributed by atoms with van der Waals surface area (Å²) in [6, 6.07) is 0. The lowest BCUT2D eigenvalue weighted by atomic mass is 9.98. The Labute approximate surface area is 312 Å². The van der Waals surface area contributed by atoms with Crippen molar-refractivity contribution in [2.24, 2.45) is 0 Å². The second kappa shape index (κ2) is 18.8. The topological polar surface area (TPSA) is 72.5 Å². The number of esters is 1. The Kier molecular flexibility index (Phi) is 16.0. The van der Waals surface area contributed by atoms with Crippen LogP contribution in [-0.4, -0.2) is 79.0 Å². The Balaban J connectivity index is 2.03. The maximum absolute atomic E-state index is 13.4. The van der Waals surface area contributed by atoms with Crippen molar-refractivity contribution in [2.45, 2.75) is 172 Å². The molecule has 1 unspecified atom stereocenters. The van der Waals surface area contributed by atoms with E-state index in [-0.39, 0.29) is 40.6 Å². The molecule has 51 heavy (non-hydrogen) atoms. The van der Waals surface area contributed by atoms with Crippen LogP contribution < -0.4 is 0 Å². The van der Waals surface area contributed by atoms with E-state index in [1.54, 1.807) is 7.11 Å². The molecule has 3 aliphatic heterocycles. The van der Waals surface area contributed by atoms with Gasteiger partial charge >= 0.3 is 5.97 Å². The lowest BCUT2D eigenvalue weighted by Crippen LogP contribution is -2.47. The van der Waals surface area contributed by atoms with Gasteiger partial charge < -0.3 is 27.8 Å². The molecule has 0 fully saturated rings. The number of hydrogen-bond donors (Lipinski definition) is 0. The van der Waals surface area contributed by atoms with Gasteiger partial charge in [-0.1, -0.05) is 108 Å². The summed E-state index contributed by atoms with van der Waals surface area (Å²) in [6.45, 7) is 29.7. The second-order valence-corrected chi connectivity index (χ2v) is 27.0. The molecule has 3 aliphatic rings. The van der Waals surface area contributed by atoms with E-state index in [2.05, 4.69) is 123 Å². The van der Waals surface area contributed by atoms with Gasteiger partial charge in [-0.15, -0.1) is 0 Å². The molecule has 0 spiro atoms. The van der Waals surface area contributed by atoms with Crippen LogP contribution in [0.3, 0.4) is 0 Å². The minimum Gasteiger partial charge on any atom is -0.449 e. The van der Waals surface area contributed by atoms with Gasteiger partial charge in [0.2, 0.25) is 0 Å². The molecule has 9 heteroatoms. The van der Waals surface area contributed by atoms with E-state index >= 15 is 0 Å². The largest absolute Gasteiger partial charge is 0.449 e. The number of carbonyl (C=O) groups is 1. The van der Waals surface area contributed by atoms with Gasteiger partial charge in [0.25, 0.3) is 0 Å². The molecule has 0 aliphatic carbocycles. The summed E-state index contributed by atoms with van der Waals surface area (Å²) in [4.78, 5) is 13.4. The minimum absolute atomic E-state index is 0.0457. The van der Waals surface area contributed by atoms with Crippen molar-refractivity contribution in [3.05, 3.63) is 60.3 Å². The molecular weight excluding hydrogens is 673 g/mol. The van der Waals surface area contributed by atoms with Crippen molar-refractivity contribution in [2.75, 3.05) is 13.7 Å². The van der Waals surface area contributed by atoms with Crippen LogP contribution in [0.4, 0.5) is 0 Å². The van der Waals surface area contributed by atoms with Gasteiger partial charge in [0.15, 0.2) is 16.6 Å². The van der Waals surface area contributed by atoms with Crippen molar-refractivity contribution < 1.29 is 32.6 Å². The first kappa shape index (κ1) is 43.4. The zero-order valence-corrected chi connectivity index (χ0v) is 35.8. The molecule has 0 N–H and O–H groups in total. The van der Waals surface area contributed by atoms with Gasteiger partial charge in [0.05, 0.1) is 31.0 Å². The lowest BCUT2D eigenvalue weighted by Gasteiger charge is -2.40. The quantitative estimate of drug-likeness (QED) is 0.0807. The van der Waals surface area contributed by atoms with Crippen LogP contribution in [0.1, 0.15) is 93.4 Å². The van der Waals surface area contributed by atoms with Crippen LogP contribution >= 0.6 is 0 Å². The summed E-state index contributed by atoms with van der Waals surface area (Å²) >= 11 is 0. The van der Waals surface area contributed by atoms with Crippen molar-refractivity contribution in [3.8, 4) is 11.8 Å². The van der Waals surface area contributed by atoms with Crippen LogP contribution in [0.5, 0.6) is 0 Å². The third-order valence-corrected chi connectivity index (χ3v) is 20.1. The van der Waals surface area contributed by atoms with Gasteiger partial charge in [-0.3, -0.25) is 0 Å². The molecule has 286 valence electrons. The van der Waals surface area contributed by atoms with Gasteiger partial charge in [-0.05, 0) is 75.3 Å². The predicted molar refractivity (Wildman–Crippen MR) is 214 cm³/mol. The zero-order chi connectivity index (χ0) is 38.0. The molecule has 2 bridgehead atoms. The zero-order valence-electron chi connectivity index (χ0n) is 33.8. The Morgan fingerprint density at radius 3 is 2.37 bits per heavy atom. The van der Waals surface area contributed by atoms with Crippen LogP contribution in [0.25, 0.3) is 0 Å². The molecule has 0 aromatic carbocycles. The van der Waals surface area contributed by atoms with Gasteiger partial charge in [0.1, 0.15) is 18.3 Å². The summed E-state index contributed by atoms with van der Waals surface area (Å²) in [5.41, 5.74) is 2.45. The molecule has 7 nitrogen and oxygen atoms in total. The first-order chi connectivity index (χ1) is 23.7. The molecule has 3 heterocycles. The summed E-state index contributed by atoms with van der Waals surface area (Å²) in [5, 5.41) is -0.00526. The SMILES string of the molecule is C=C1CCC[C@H]2O[C@@H](C=C[C@@H]2OC)CC#CC(=O)O[C@H]([C@H](C=C[C@@H]2CC(C)=CCO2)O[Si](C)(C)C(C)(C)C)CC=CC(O[Si](C)(C)C(C)(C)C)C1. The number of ether oxygens (including phenoxy) is 4. The summed E-state index contributed by atoms with van der Waals surface area (Å²) < 4.78 is 38.4. The van der Waals surface area contributed by atoms with Gasteiger partial charge in [-0.2, -0.15) is 0 Å². The fourth-order valence-corrected chi connectivity index (χ4v) is 8.36. The van der Waals surface area contributed by atoms with Gasteiger partial charge in [0, 0.05) is 25.9 Å².